The Morgan fingerprint density at radius 3 is 1.52 bits per heavy atom. The maximum Gasteiger partial charge on any atom is 0.322 e. The van der Waals surface area contributed by atoms with E-state index in [-0.39, 0.29) is 30.7 Å². The van der Waals surface area contributed by atoms with Gasteiger partial charge in [-0.15, -0.1) is 24.8 Å². The minimum Gasteiger partial charge on any atom is -0.399 e. The largest absolute Gasteiger partial charge is 0.399 e. The molecule has 1 fully saturated rings. The summed E-state index contributed by atoms with van der Waals surface area (Å²) >= 11 is 3.23. The molecule has 0 radical (unpaired) electrons. The van der Waals surface area contributed by atoms with E-state index in [2.05, 4.69) is 10.6 Å². The number of carbonyl (C=O) groups excluding carboxylic acids is 2. The normalized spacial score (nSPS) is 14.3. The number of thioether (sulfide) groups is 2. The monoisotopic (exact) mass is 474 g/mol. The van der Waals surface area contributed by atoms with Crippen LogP contribution < -0.4 is 22.1 Å². The summed E-state index contributed by atoms with van der Waals surface area (Å²) in [5.41, 5.74) is 14.2. The maximum absolute atomic E-state index is 12.4. The van der Waals surface area contributed by atoms with Crippen molar-refractivity contribution in [3.63, 3.8) is 0 Å². The van der Waals surface area contributed by atoms with Gasteiger partial charge in [0.15, 0.2) is 0 Å². The average Bonchev–Trinajstić information content (AvgIpc) is 2.92. The van der Waals surface area contributed by atoms with Crippen molar-refractivity contribution < 1.29 is 9.59 Å². The molecule has 6 N–H and O–H groups in total. The van der Waals surface area contributed by atoms with Gasteiger partial charge in [0.25, 0.3) is 5.91 Å². The first-order valence-electron chi connectivity index (χ1n) is 8.45. The van der Waals surface area contributed by atoms with E-state index in [1.54, 1.807) is 23.5 Å². The van der Waals surface area contributed by atoms with E-state index in [1.807, 2.05) is 48.5 Å². The first-order valence-corrected chi connectivity index (χ1v) is 10.8. The highest BCUT2D eigenvalue weighted by atomic mass is 35.5. The van der Waals surface area contributed by atoms with Gasteiger partial charge in [0.1, 0.15) is 5.54 Å². The number of nitrogens with one attached hydrogen (secondary N) is 2. The molecule has 1 aliphatic rings. The second-order valence-electron chi connectivity index (χ2n) is 6.46. The predicted molar refractivity (Wildman–Crippen MR) is 128 cm³/mol. The molecule has 0 bridgehead atoms. The molecule has 0 saturated carbocycles. The molecule has 10 heteroatoms. The molecule has 0 unspecified atom stereocenters. The van der Waals surface area contributed by atoms with Crippen LogP contribution in [0.25, 0.3) is 0 Å². The fraction of sp³-hybridized carbons (Fsp3) is 0.263. The van der Waals surface area contributed by atoms with Crippen molar-refractivity contribution in [2.45, 2.75) is 17.0 Å². The number of hydrogen-bond donors (Lipinski definition) is 4. The highest BCUT2D eigenvalue weighted by Crippen LogP contribution is 2.27. The third-order valence-electron chi connectivity index (χ3n) is 4.21. The number of urea groups is 1. The molecule has 1 heterocycles. The number of hydrogen-bond acceptors (Lipinski definition) is 6. The van der Waals surface area contributed by atoms with Gasteiger partial charge < -0.3 is 16.8 Å². The zero-order valence-electron chi connectivity index (χ0n) is 15.6. The first kappa shape index (κ1) is 25.3. The van der Waals surface area contributed by atoms with Crippen LogP contribution in [0.4, 0.5) is 16.2 Å². The van der Waals surface area contributed by atoms with Crippen molar-refractivity contribution in [1.82, 2.24) is 10.6 Å². The van der Waals surface area contributed by atoms with Crippen molar-refractivity contribution in [1.29, 1.82) is 0 Å². The predicted octanol–water partition coefficient (Wildman–Crippen LogP) is 3.44. The van der Waals surface area contributed by atoms with E-state index < -0.39 is 11.6 Å². The SMILES string of the molecule is Cl.Cl.Nc1ccc(CSCC2(CSCc3ccc(N)cc3)NC(=O)NC2=O)cc1. The van der Waals surface area contributed by atoms with Gasteiger partial charge in [0, 0.05) is 34.4 Å². The molecule has 6 nitrogen and oxygen atoms in total. The van der Waals surface area contributed by atoms with Gasteiger partial charge in [-0.3, -0.25) is 10.1 Å². The van der Waals surface area contributed by atoms with Crippen LogP contribution in [0, 0.1) is 0 Å². The van der Waals surface area contributed by atoms with Crippen LogP contribution in [0.2, 0.25) is 0 Å². The summed E-state index contributed by atoms with van der Waals surface area (Å²) in [6.45, 7) is 0. The molecule has 29 heavy (non-hydrogen) atoms. The van der Waals surface area contributed by atoms with E-state index in [0.29, 0.717) is 11.5 Å². The highest BCUT2D eigenvalue weighted by Gasteiger charge is 2.45. The number of nitrogens with two attached hydrogens (primary N) is 2. The number of nitrogen functional groups attached to an aromatic ring is 2. The lowest BCUT2D eigenvalue weighted by Gasteiger charge is -2.25. The number of carbonyl (C=O) groups is 2. The molecule has 0 aliphatic carbocycles. The molecule has 3 rings (SSSR count). The Morgan fingerprint density at radius 2 is 1.17 bits per heavy atom. The number of imide groups is 1. The molecule has 2 aromatic rings. The molecular weight excluding hydrogens is 451 g/mol. The molecule has 1 aliphatic heterocycles. The van der Waals surface area contributed by atoms with Crippen LogP contribution in [0.3, 0.4) is 0 Å². The van der Waals surface area contributed by atoms with E-state index in [4.69, 9.17) is 11.5 Å². The van der Waals surface area contributed by atoms with Crippen LogP contribution in [0.1, 0.15) is 11.1 Å². The third kappa shape index (κ3) is 6.92. The summed E-state index contributed by atoms with van der Waals surface area (Å²) in [6, 6.07) is 14.9. The van der Waals surface area contributed by atoms with Crippen molar-refractivity contribution in [3.8, 4) is 0 Å². The van der Waals surface area contributed by atoms with Crippen molar-refractivity contribution in [2.24, 2.45) is 0 Å². The fourth-order valence-electron chi connectivity index (χ4n) is 2.69. The molecule has 2 aromatic carbocycles. The summed E-state index contributed by atoms with van der Waals surface area (Å²) in [7, 11) is 0. The lowest BCUT2D eigenvalue weighted by Crippen LogP contribution is -2.51. The average molecular weight is 475 g/mol. The van der Waals surface area contributed by atoms with Crippen LogP contribution in [-0.2, 0) is 16.3 Å². The number of rotatable bonds is 8. The maximum atomic E-state index is 12.4. The second-order valence-corrected chi connectivity index (χ2v) is 8.43. The van der Waals surface area contributed by atoms with Gasteiger partial charge in [-0.2, -0.15) is 23.5 Å². The Balaban J connectivity index is 0.00000210. The van der Waals surface area contributed by atoms with Crippen molar-refractivity contribution >= 4 is 71.7 Å². The smallest absolute Gasteiger partial charge is 0.322 e. The van der Waals surface area contributed by atoms with E-state index in [1.165, 1.54) is 0 Å². The number of anilines is 2. The minimum absolute atomic E-state index is 0. The van der Waals surface area contributed by atoms with Gasteiger partial charge in [0.2, 0.25) is 0 Å². The topological polar surface area (TPSA) is 110 Å². The molecule has 1 saturated heterocycles. The highest BCUT2D eigenvalue weighted by molar-refractivity contribution is 7.99. The van der Waals surface area contributed by atoms with Crippen LogP contribution >= 0.6 is 48.3 Å². The van der Waals surface area contributed by atoms with Gasteiger partial charge in [0.05, 0.1) is 0 Å². The molecule has 0 atom stereocenters. The van der Waals surface area contributed by atoms with Crippen LogP contribution in [0.5, 0.6) is 0 Å². The molecule has 0 spiro atoms. The Morgan fingerprint density at radius 1 is 0.759 bits per heavy atom. The second kappa shape index (κ2) is 11.4. The number of amides is 3. The Hall–Kier alpha value is -1.74. The van der Waals surface area contributed by atoms with Crippen molar-refractivity contribution in [2.75, 3.05) is 23.0 Å². The minimum atomic E-state index is -0.895. The number of benzene rings is 2. The first-order chi connectivity index (χ1) is 13.0. The summed E-state index contributed by atoms with van der Waals surface area (Å²) in [6.07, 6.45) is 0. The molecular formula is C19H24Cl2N4O2S2. The Kier molecular flexibility index (Phi) is 9.98. The van der Waals surface area contributed by atoms with Crippen LogP contribution in [0.15, 0.2) is 48.5 Å². The fourth-order valence-corrected chi connectivity index (χ4v) is 5.18. The summed E-state index contributed by atoms with van der Waals surface area (Å²) in [4.78, 5) is 24.1. The summed E-state index contributed by atoms with van der Waals surface area (Å²) < 4.78 is 0. The van der Waals surface area contributed by atoms with E-state index >= 15 is 0 Å². The standard InChI is InChI=1S/C19H22N4O2S2.2ClH/c20-15-5-1-13(2-6-15)9-26-11-19(17(24)22-18(25)23-19)12-27-10-14-3-7-16(21)8-4-14;;/h1-8H,9-12,20-21H2,(H2,22,23,24,25);2*1H. The van der Waals surface area contributed by atoms with Crippen molar-refractivity contribution in [3.05, 3.63) is 59.7 Å². The van der Waals surface area contributed by atoms with Gasteiger partial charge >= 0.3 is 6.03 Å². The van der Waals surface area contributed by atoms with Gasteiger partial charge in [-0.05, 0) is 35.4 Å². The Bertz CT molecular complexity index is 768. The molecule has 158 valence electrons. The van der Waals surface area contributed by atoms with E-state index in [0.717, 1.165) is 34.0 Å². The molecule has 0 aromatic heterocycles. The third-order valence-corrected chi connectivity index (χ3v) is 6.68. The lowest BCUT2D eigenvalue weighted by atomic mass is 10.1. The zero-order chi connectivity index (χ0) is 19.3. The molecule has 3 amide bonds. The summed E-state index contributed by atoms with van der Waals surface area (Å²) in [5, 5.41) is 5.20. The Labute approximate surface area is 191 Å². The van der Waals surface area contributed by atoms with Gasteiger partial charge in [-0.25, -0.2) is 4.79 Å². The van der Waals surface area contributed by atoms with Gasteiger partial charge in [-0.1, -0.05) is 24.3 Å². The zero-order valence-corrected chi connectivity index (χ0v) is 18.8. The number of halogens is 2. The lowest BCUT2D eigenvalue weighted by molar-refractivity contribution is -0.122. The quantitative estimate of drug-likeness (QED) is 0.344. The summed E-state index contributed by atoms with van der Waals surface area (Å²) in [5.74, 6) is 2.23. The van der Waals surface area contributed by atoms with Crippen LogP contribution in [-0.4, -0.2) is 29.0 Å². The van der Waals surface area contributed by atoms with E-state index in [9.17, 15) is 9.59 Å².